The van der Waals surface area contributed by atoms with Gasteiger partial charge < -0.3 is 4.74 Å². The van der Waals surface area contributed by atoms with Crippen molar-refractivity contribution >= 4 is 8.03 Å². The summed E-state index contributed by atoms with van der Waals surface area (Å²) in [5.41, 5.74) is 0. The van der Waals surface area contributed by atoms with E-state index in [1.807, 2.05) is 0 Å². The Kier molecular flexibility index (Phi) is 1.95. The molecule has 1 heterocycles. The molecule has 8 heavy (non-hydrogen) atoms. The van der Waals surface area contributed by atoms with Gasteiger partial charge in [0.1, 0.15) is 12.7 Å². The number of ether oxygens (including phenoxy) is 1. The lowest BCUT2D eigenvalue weighted by molar-refractivity contribution is 0.274. The van der Waals surface area contributed by atoms with Crippen molar-refractivity contribution in [3.05, 3.63) is 0 Å². The van der Waals surface area contributed by atoms with E-state index in [0.29, 0.717) is 6.61 Å². The highest BCUT2D eigenvalue weighted by molar-refractivity contribution is 7.38. The van der Waals surface area contributed by atoms with Gasteiger partial charge in [0.05, 0.1) is 6.61 Å². The maximum atomic E-state index is 10.2. The van der Waals surface area contributed by atoms with Gasteiger partial charge in [-0.15, -0.1) is 4.52 Å². The van der Waals surface area contributed by atoms with Crippen molar-refractivity contribution in [3.8, 4) is 0 Å². The highest BCUT2D eigenvalue weighted by Crippen LogP contribution is 2.19. The number of hydrogen-bond donors (Lipinski definition) is 0. The molecule has 0 aromatic rings. The van der Waals surface area contributed by atoms with Gasteiger partial charge in [0.15, 0.2) is 6.66 Å². The molecule has 1 rings (SSSR count). The molecule has 0 aromatic carbocycles. The number of hydrogen-bond acceptors (Lipinski definition) is 3. The lowest BCUT2D eigenvalue weighted by atomic mass is 10.5. The van der Waals surface area contributed by atoms with Crippen LogP contribution in [0.5, 0.6) is 0 Å². The topological polar surface area (TPSA) is 38.8 Å². The van der Waals surface area contributed by atoms with Gasteiger partial charge >= 0.3 is 8.03 Å². The molecule has 3 nitrogen and oxygen atoms in total. The van der Waals surface area contributed by atoms with Crippen molar-refractivity contribution in [2.24, 2.45) is 0 Å². The molecule has 0 saturated carbocycles. The molecular formula is C4H8O3P+. The molecule has 1 aliphatic heterocycles. The van der Waals surface area contributed by atoms with Crippen LogP contribution < -0.4 is 0 Å². The van der Waals surface area contributed by atoms with Gasteiger partial charge in [0.25, 0.3) is 0 Å². The molecular weight excluding hydrogens is 127 g/mol. The number of epoxide rings is 1. The molecule has 0 amide bonds. The Morgan fingerprint density at radius 2 is 2.62 bits per heavy atom. The fourth-order valence-corrected chi connectivity index (χ4v) is 0.729. The van der Waals surface area contributed by atoms with Crippen LogP contribution in [0.1, 0.15) is 0 Å². The smallest absolute Gasteiger partial charge is 0.370 e. The fraction of sp³-hybridized carbons (Fsp3) is 1.00. The molecule has 1 fully saturated rings. The Bertz CT molecular complexity index is 99.5. The second-order valence-corrected chi connectivity index (χ2v) is 2.83. The van der Waals surface area contributed by atoms with E-state index < -0.39 is 8.03 Å². The molecule has 0 radical (unpaired) electrons. The van der Waals surface area contributed by atoms with E-state index in [2.05, 4.69) is 0 Å². The highest BCUT2D eigenvalue weighted by Gasteiger charge is 2.26. The predicted molar refractivity (Wildman–Crippen MR) is 29.2 cm³/mol. The zero-order valence-corrected chi connectivity index (χ0v) is 5.56. The summed E-state index contributed by atoms with van der Waals surface area (Å²) in [6.07, 6.45) is 0.230. The average molecular weight is 135 g/mol. The molecule has 46 valence electrons. The van der Waals surface area contributed by atoms with E-state index in [0.717, 1.165) is 6.61 Å². The summed E-state index contributed by atoms with van der Waals surface area (Å²) < 4.78 is 19.8. The normalized spacial score (nSPS) is 27.6. The average Bonchev–Trinajstić information content (AvgIpc) is 2.41. The van der Waals surface area contributed by atoms with Gasteiger partial charge in [0, 0.05) is 0 Å². The molecule has 4 heteroatoms. The highest BCUT2D eigenvalue weighted by atomic mass is 31.1. The van der Waals surface area contributed by atoms with Crippen molar-refractivity contribution < 1.29 is 13.8 Å². The van der Waals surface area contributed by atoms with Crippen LogP contribution >= 0.6 is 8.03 Å². The van der Waals surface area contributed by atoms with Crippen LogP contribution in [-0.4, -0.2) is 26.0 Å². The SMILES string of the molecule is C[P+](=O)OCC1CO1. The Labute approximate surface area is 48.8 Å². The zero-order valence-electron chi connectivity index (χ0n) is 4.66. The fourth-order valence-electron chi connectivity index (χ4n) is 0.352. The van der Waals surface area contributed by atoms with Crippen LogP contribution in [0.2, 0.25) is 0 Å². The van der Waals surface area contributed by atoms with Crippen LogP contribution in [0.15, 0.2) is 0 Å². The van der Waals surface area contributed by atoms with Gasteiger partial charge in [-0.2, -0.15) is 0 Å². The third kappa shape index (κ3) is 2.36. The first-order valence-corrected chi connectivity index (χ1v) is 4.07. The summed E-state index contributed by atoms with van der Waals surface area (Å²) in [6, 6.07) is 0. The molecule has 1 saturated heterocycles. The van der Waals surface area contributed by atoms with Gasteiger partial charge in [-0.3, -0.25) is 0 Å². The number of rotatable bonds is 3. The van der Waals surface area contributed by atoms with Gasteiger partial charge in [0.2, 0.25) is 0 Å². The van der Waals surface area contributed by atoms with Gasteiger partial charge in [-0.05, 0) is 4.57 Å². The molecule has 0 bridgehead atoms. The summed E-state index contributed by atoms with van der Waals surface area (Å²) in [4.78, 5) is 0. The Morgan fingerprint density at radius 1 is 2.00 bits per heavy atom. The minimum atomic E-state index is -1.42. The largest absolute Gasteiger partial charge is 0.504 e. The molecule has 1 aliphatic rings. The van der Waals surface area contributed by atoms with E-state index in [4.69, 9.17) is 9.26 Å². The van der Waals surface area contributed by atoms with Gasteiger partial charge in [-0.25, -0.2) is 0 Å². The minimum absolute atomic E-state index is 0.230. The molecule has 0 spiro atoms. The standard InChI is InChI=1S/C4H8O3P/c1-8(5)7-3-4-2-6-4/h4H,2-3H2,1H3/q+1. The van der Waals surface area contributed by atoms with E-state index in [-0.39, 0.29) is 6.10 Å². The summed E-state index contributed by atoms with van der Waals surface area (Å²) in [7, 11) is -1.42. The van der Waals surface area contributed by atoms with Crippen molar-refractivity contribution in [1.29, 1.82) is 0 Å². The van der Waals surface area contributed by atoms with E-state index in [1.165, 1.54) is 6.66 Å². The quantitative estimate of drug-likeness (QED) is 0.424. The molecule has 2 atom stereocenters. The van der Waals surface area contributed by atoms with Crippen LogP contribution in [0.25, 0.3) is 0 Å². The Hall–Kier alpha value is 0.0200. The lowest BCUT2D eigenvalue weighted by Gasteiger charge is -1.79. The van der Waals surface area contributed by atoms with Crippen molar-refractivity contribution in [2.45, 2.75) is 6.10 Å². The lowest BCUT2D eigenvalue weighted by Crippen LogP contribution is -1.93. The second-order valence-electron chi connectivity index (χ2n) is 1.69. The minimum Gasteiger partial charge on any atom is -0.370 e. The van der Waals surface area contributed by atoms with Crippen LogP contribution in [0, 0.1) is 0 Å². The van der Waals surface area contributed by atoms with Crippen molar-refractivity contribution in [2.75, 3.05) is 19.9 Å². The van der Waals surface area contributed by atoms with Crippen LogP contribution in [0.4, 0.5) is 0 Å². The molecule has 0 aliphatic carbocycles. The Balaban J connectivity index is 1.95. The summed E-state index contributed by atoms with van der Waals surface area (Å²) in [5.74, 6) is 0. The van der Waals surface area contributed by atoms with E-state index >= 15 is 0 Å². The predicted octanol–water partition coefficient (Wildman–Crippen LogP) is 0.774. The van der Waals surface area contributed by atoms with E-state index in [9.17, 15) is 4.57 Å². The third-order valence-corrected chi connectivity index (χ3v) is 1.36. The van der Waals surface area contributed by atoms with Crippen LogP contribution in [0.3, 0.4) is 0 Å². The first-order chi connectivity index (χ1) is 3.79. The second kappa shape index (κ2) is 2.53. The van der Waals surface area contributed by atoms with Crippen LogP contribution in [-0.2, 0) is 13.8 Å². The molecule has 0 N–H and O–H groups in total. The van der Waals surface area contributed by atoms with Crippen molar-refractivity contribution in [3.63, 3.8) is 0 Å². The summed E-state index contributed by atoms with van der Waals surface area (Å²) in [6.45, 7) is 2.80. The molecule has 2 unspecified atom stereocenters. The van der Waals surface area contributed by atoms with E-state index in [1.54, 1.807) is 0 Å². The zero-order chi connectivity index (χ0) is 5.98. The first-order valence-electron chi connectivity index (χ1n) is 2.44. The first kappa shape index (κ1) is 6.14. The van der Waals surface area contributed by atoms with Crippen molar-refractivity contribution in [1.82, 2.24) is 0 Å². The maximum absolute atomic E-state index is 10.2. The maximum Gasteiger partial charge on any atom is 0.504 e. The summed E-state index contributed by atoms with van der Waals surface area (Å²) >= 11 is 0. The third-order valence-electron chi connectivity index (χ3n) is 0.845. The monoisotopic (exact) mass is 135 g/mol. The van der Waals surface area contributed by atoms with Gasteiger partial charge in [-0.1, -0.05) is 0 Å². The Morgan fingerprint density at radius 3 is 3.00 bits per heavy atom. The molecule has 0 aromatic heterocycles. The summed E-state index contributed by atoms with van der Waals surface area (Å²) in [5, 5.41) is 0.